The molecule has 0 heterocycles. The minimum Gasteiger partial charge on any atom is -0.462 e. The third-order valence-corrected chi connectivity index (χ3v) is 15.4. The van der Waals surface area contributed by atoms with Crippen molar-refractivity contribution in [2.45, 2.75) is 291 Å². The first kappa shape index (κ1) is 76.5. The number of aliphatic hydroxyl groups excluding tert-OH is 1. The molecule has 0 aliphatic rings. The van der Waals surface area contributed by atoms with Gasteiger partial charge in [-0.3, -0.25) is 37.3 Å². The lowest BCUT2D eigenvalue weighted by molar-refractivity contribution is -0.161. The molecule has 464 valence electrons. The molecule has 0 radical (unpaired) electrons. The minimum atomic E-state index is -4.95. The van der Waals surface area contributed by atoms with Crippen molar-refractivity contribution in [3.05, 3.63) is 24.3 Å². The van der Waals surface area contributed by atoms with E-state index in [0.717, 1.165) is 141 Å². The predicted octanol–water partition coefficient (Wildman–Crippen LogP) is 15.8. The zero-order valence-electron chi connectivity index (χ0n) is 50.0. The molecule has 3 unspecified atom stereocenters. The number of aliphatic hydroxyl groups is 1. The van der Waals surface area contributed by atoms with Gasteiger partial charge in [0.1, 0.15) is 19.3 Å². The van der Waals surface area contributed by atoms with Gasteiger partial charge in [-0.2, -0.15) is 0 Å². The molecular weight excluding hydrogens is 1050 g/mol. The van der Waals surface area contributed by atoms with E-state index in [0.29, 0.717) is 25.7 Å². The number of hydrogen-bond acceptors (Lipinski definition) is 15. The summed E-state index contributed by atoms with van der Waals surface area (Å²) >= 11 is 0. The molecule has 0 aliphatic heterocycles. The van der Waals surface area contributed by atoms with Gasteiger partial charge in [-0.25, -0.2) is 9.13 Å². The number of rotatable bonds is 58. The number of ether oxygens (including phenoxy) is 4. The van der Waals surface area contributed by atoms with Crippen LogP contribution in [0.3, 0.4) is 0 Å². The molecule has 3 N–H and O–H groups in total. The molecule has 0 fully saturated rings. The highest BCUT2D eigenvalue weighted by Gasteiger charge is 2.30. The quantitative estimate of drug-likeness (QED) is 0.0169. The normalized spacial score (nSPS) is 14.9. The monoisotopic (exact) mass is 1170 g/mol. The summed E-state index contributed by atoms with van der Waals surface area (Å²) in [6, 6.07) is 0. The Morgan fingerprint density at radius 2 is 0.709 bits per heavy atom. The second-order valence-corrected chi connectivity index (χ2v) is 24.2. The van der Waals surface area contributed by atoms with Gasteiger partial charge >= 0.3 is 39.5 Å². The van der Waals surface area contributed by atoms with Crippen molar-refractivity contribution in [1.82, 2.24) is 0 Å². The van der Waals surface area contributed by atoms with Gasteiger partial charge in [0, 0.05) is 25.7 Å². The van der Waals surface area contributed by atoms with Crippen molar-refractivity contribution in [2.24, 2.45) is 5.92 Å². The van der Waals surface area contributed by atoms with Crippen molar-refractivity contribution < 1.29 is 80.2 Å². The maximum Gasteiger partial charge on any atom is 0.472 e. The molecule has 0 saturated heterocycles. The smallest absolute Gasteiger partial charge is 0.462 e. The molecule has 0 amide bonds. The van der Waals surface area contributed by atoms with Crippen LogP contribution in [-0.2, 0) is 65.4 Å². The summed E-state index contributed by atoms with van der Waals surface area (Å²) < 4.78 is 67.6. The fraction of sp³-hybridized carbons (Fsp3) is 0.867. The van der Waals surface area contributed by atoms with Crippen molar-refractivity contribution in [3.63, 3.8) is 0 Å². The van der Waals surface area contributed by atoms with E-state index in [9.17, 15) is 43.2 Å². The second-order valence-electron chi connectivity index (χ2n) is 21.3. The summed E-state index contributed by atoms with van der Waals surface area (Å²) in [4.78, 5) is 71.7. The number of phosphoric ester groups is 2. The Bertz CT molecular complexity index is 1640. The van der Waals surface area contributed by atoms with Crippen LogP contribution in [0, 0.1) is 5.92 Å². The molecule has 0 aromatic rings. The molecule has 0 spiro atoms. The molecule has 79 heavy (non-hydrogen) atoms. The van der Waals surface area contributed by atoms with Crippen LogP contribution in [0.2, 0.25) is 0 Å². The molecule has 0 saturated carbocycles. The molecular formula is C60H112O17P2. The van der Waals surface area contributed by atoms with Crippen molar-refractivity contribution >= 4 is 39.5 Å². The summed E-state index contributed by atoms with van der Waals surface area (Å²) in [6.45, 7) is 6.96. The number of unbranched alkanes of at least 4 members (excludes halogenated alkanes) is 26. The van der Waals surface area contributed by atoms with Crippen LogP contribution in [0.15, 0.2) is 24.3 Å². The Balaban J connectivity index is 5.23. The van der Waals surface area contributed by atoms with Gasteiger partial charge in [-0.15, -0.1) is 0 Å². The van der Waals surface area contributed by atoms with Crippen LogP contribution in [0.25, 0.3) is 0 Å². The van der Waals surface area contributed by atoms with Gasteiger partial charge in [-0.1, -0.05) is 219 Å². The number of esters is 4. The number of phosphoric acid groups is 2. The topological polar surface area (TPSA) is 237 Å². The third-order valence-electron chi connectivity index (χ3n) is 13.5. The molecule has 6 atom stereocenters. The van der Waals surface area contributed by atoms with Gasteiger partial charge < -0.3 is 33.8 Å². The largest absolute Gasteiger partial charge is 0.472 e. The lowest BCUT2D eigenvalue weighted by Gasteiger charge is -2.21. The van der Waals surface area contributed by atoms with E-state index >= 15 is 0 Å². The summed E-state index contributed by atoms with van der Waals surface area (Å²) in [7, 11) is -9.88. The van der Waals surface area contributed by atoms with Crippen LogP contribution >= 0.6 is 15.6 Å². The molecule has 0 aromatic carbocycles. The van der Waals surface area contributed by atoms with E-state index < -0.39 is 97.5 Å². The Hall–Kier alpha value is -2.46. The van der Waals surface area contributed by atoms with Gasteiger partial charge in [0.2, 0.25) is 0 Å². The number of carbonyl (C=O) groups excluding carboxylic acids is 4. The van der Waals surface area contributed by atoms with E-state index in [2.05, 4.69) is 58.9 Å². The highest BCUT2D eigenvalue weighted by atomic mass is 31.2. The maximum atomic E-state index is 12.9. The minimum absolute atomic E-state index is 0.0839. The highest BCUT2D eigenvalue weighted by Crippen LogP contribution is 2.45. The van der Waals surface area contributed by atoms with Gasteiger partial charge in [0.05, 0.1) is 26.4 Å². The van der Waals surface area contributed by atoms with Gasteiger partial charge in [-0.05, 0) is 57.3 Å². The molecule has 17 nitrogen and oxygen atoms in total. The summed E-state index contributed by atoms with van der Waals surface area (Å²) in [5.41, 5.74) is 0. The van der Waals surface area contributed by atoms with Crippen LogP contribution < -0.4 is 0 Å². The zero-order chi connectivity index (χ0) is 58.5. The molecule has 0 aliphatic carbocycles. The van der Waals surface area contributed by atoms with E-state index in [1.54, 1.807) is 0 Å². The maximum absolute atomic E-state index is 12.9. The van der Waals surface area contributed by atoms with Crippen molar-refractivity contribution in [3.8, 4) is 0 Å². The Morgan fingerprint density at radius 3 is 1.08 bits per heavy atom. The lowest BCUT2D eigenvalue weighted by Crippen LogP contribution is -2.30. The van der Waals surface area contributed by atoms with E-state index in [4.69, 9.17) is 37.0 Å². The van der Waals surface area contributed by atoms with Crippen LogP contribution in [0.5, 0.6) is 0 Å². The van der Waals surface area contributed by atoms with Crippen LogP contribution in [-0.4, -0.2) is 96.7 Å². The Kier molecular flexibility index (Phi) is 51.9. The fourth-order valence-corrected chi connectivity index (χ4v) is 9.88. The highest BCUT2D eigenvalue weighted by molar-refractivity contribution is 7.47. The molecule has 0 bridgehead atoms. The zero-order valence-corrected chi connectivity index (χ0v) is 51.8. The summed E-state index contributed by atoms with van der Waals surface area (Å²) in [5, 5.41) is 10.5. The van der Waals surface area contributed by atoms with Gasteiger partial charge in [0.15, 0.2) is 12.2 Å². The fourth-order valence-electron chi connectivity index (χ4n) is 8.30. The second kappa shape index (κ2) is 53.5. The van der Waals surface area contributed by atoms with Gasteiger partial charge in [0.25, 0.3) is 0 Å². The number of carbonyl (C=O) groups is 4. The van der Waals surface area contributed by atoms with E-state index in [1.807, 2.05) is 0 Å². The first-order valence-corrected chi connectivity index (χ1v) is 34.0. The van der Waals surface area contributed by atoms with Crippen LogP contribution in [0.1, 0.15) is 272 Å². The average molecular weight is 1170 g/mol. The molecule has 0 aromatic heterocycles. The lowest BCUT2D eigenvalue weighted by atomic mass is 10.00. The van der Waals surface area contributed by atoms with E-state index in [1.165, 1.54) is 51.4 Å². The Labute approximate surface area is 478 Å². The summed E-state index contributed by atoms with van der Waals surface area (Å²) in [5.74, 6) is -1.45. The Morgan fingerprint density at radius 1 is 0.405 bits per heavy atom. The third kappa shape index (κ3) is 53.3. The number of allylic oxidation sites excluding steroid dienone is 4. The molecule has 0 rings (SSSR count). The predicted molar refractivity (Wildman–Crippen MR) is 312 cm³/mol. The first-order valence-electron chi connectivity index (χ1n) is 31.0. The van der Waals surface area contributed by atoms with Crippen molar-refractivity contribution in [2.75, 3.05) is 39.6 Å². The van der Waals surface area contributed by atoms with Crippen molar-refractivity contribution in [1.29, 1.82) is 0 Å². The first-order chi connectivity index (χ1) is 38.1. The van der Waals surface area contributed by atoms with Crippen LogP contribution in [0.4, 0.5) is 0 Å². The average Bonchev–Trinajstić information content (AvgIpc) is 3.42. The SMILES string of the molecule is CCCCCC/C=C\C=C/CCCCCCCC(=O)O[C@H](COC(=O)CCCCCCCCC(C)CC)COP(=O)(O)OC[C@@H](O)COP(=O)(O)OC[C@@H](COC(=O)CCCCCCCCC)OC(=O)CCCCCCCCC. The number of hydrogen-bond donors (Lipinski definition) is 3. The summed E-state index contributed by atoms with van der Waals surface area (Å²) in [6.07, 6.45) is 38.7. The van der Waals surface area contributed by atoms with E-state index in [-0.39, 0.29) is 25.7 Å². The standard InChI is InChI=1S/C60H112O17P2/c1-6-10-13-16-19-20-21-22-23-24-25-26-29-36-41-46-60(65)77-56(50-71-58(63)44-39-34-31-30-32-37-42-53(5)9-4)52-75-79(68,69)73-48-54(61)47-72-78(66,67)74-51-55(76-59(64)45-40-35-28-18-15-12-8-3)49-70-57(62)43-38-33-27-17-14-11-7-2/h20-23,53-56,61H,6-19,24-52H2,1-5H3,(H,66,67)(H,68,69)/b21-20-,23-22-/t53?,54-,55+,56+/m0/s1. The molecule has 19 heteroatoms.